The van der Waals surface area contributed by atoms with Crippen LogP contribution < -0.4 is 11.6 Å². The summed E-state index contributed by atoms with van der Waals surface area (Å²) in [6.07, 6.45) is 3.03. The maximum Gasteiger partial charge on any atom is 0.0840 e. The summed E-state index contributed by atoms with van der Waals surface area (Å²) in [5, 5.41) is 9.84. The van der Waals surface area contributed by atoms with E-state index in [0.29, 0.717) is 18.0 Å². The zero-order valence-corrected chi connectivity index (χ0v) is 7.88. The lowest BCUT2D eigenvalue weighted by Crippen LogP contribution is -2.30. The summed E-state index contributed by atoms with van der Waals surface area (Å²) in [5.41, 5.74) is 5.58. The molecule has 0 amide bonds. The lowest BCUT2D eigenvalue weighted by atomic mass is 10.5. The number of aliphatic hydroxyl groups is 1. The Morgan fingerprint density at radius 3 is 2.75 bits per heavy atom. The summed E-state index contributed by atoms with van der Waals surface area (Å²) >= 11 is 0. The number of rotatable bonds is 5. The highest BCUT2D eigenvalue weighted by Gasteiger charge is 1.96. The molecule has 0 aliphatic carbocycles. The summed E-state index contributed by atoms with van der Waals surface area (Å²) in [7, 11) is -0.857. The van der Waals surface area contributed by atoms with Crippen LogP contribution in [-0.4, -0.2) is 39.5 Å². The Kier molecular flexibility index (Phi) is 5.69. The third-order valence-electron chi connectivity index (χ3n) is 1.15. The van der Waals surface area contributed by atoms with Crippen LogP contribution in [0.1, 0.15) is 0 Å². The van der Waals surface area contributed by atoms with Crippen LogP contribution in [0.25, 0.3) is 0 Å². The van der Waals surface area contributed by atoms with Crippen molar-refractivity contribution in [3.8, 4) is 0 Å². The van der Waals surface area contributed by atoms with Crippen LogP contribution in [0.5, 0.6) is 0 Å². The van der Waals surface area contributed by atoms with Crippen LogP contribution in [-0.2, 0) is 10.8 Å². The second-order valence-electron chi connectivity index (χ2n) is 2.38. The first-order valence-electron chi connectivity index (χ1n) is 3.44. The summed E-state index contributed by atoms with van der Waals surface area (Å²) in [5.74, 6) is 5.92. The minimum absolute atomic E-state index is 0.219. The molecule has 0 saturated carbocycles. The molecule has 6 heteroatoms. The standard InChI is InChI=1S/C6H15N3O2S/c1-12(11)3-2-9(8)4-6(7)5-10/h4,10H,2-3,5,7-8H2,1H3/b6-4-. The van der Waals surface area contributed by atoms with E-state index in [1.807, 2.05) is 0 Å². The maximum absolute atomic E-state index is 10.6. The van der Waals surface area contributed by atoms with E-state index < -0.39 is 10.8 Å². The molecule has 0 rings (SSSR count). The van der Waals surface area contributed by atoms with E-state index in [9.17, 15) is 4.21 Å². The Labute approximate surface area is 74.5 Å². The monoisotopic (exact) mass is 193 g/mol. The van der Waals surface area contributed by atoms with Gasteiger partial charge in [-0.15, -0.1) is 0 Å². The fraction of sp³-hybridized carbons (Fsp3) is 0.667. The van der Waals surface area contributed by atoms with Gasteiger partial charge in [-0.3, -0.25) is 4.21 Å². The molecule has 0 aromatic carbocycles. The second kappa shape index (κ2) is 5.99. The van der Waals surface area contributed by atoms with E-state index >= 15 is 0 Å². The molecular weight excluding hydrogens is 178 g/mol. The van der Waals surface area contributed by atoms with Gasteiger partial charge in [-0.05, 0) is 0 Å². The van der Waals surface area contributed by atoms with Crippen molar-refractivity contribution < 1.29 is 9.32 Å². The first-order valence-corrected chi connectivity index (χ1v) is 5.17. The maximum atomic E-state index is 10.6. The SMILES string of the molecule is CS(=O)CCN(N)/C=C(\N)CO. The normalized spacial score (nSPS) is 14.4. The lowest BCUT2D eigenvalue weighted by molar-refractivity contribution is 0.321. The quantitative estimate of drug-likeness (QED) is 0.359. The zero-order valence-electron chi connectivity index (χ0n) is 7.06. The molecule has 0 aliphatic rings. The van der Waals surface area contributed by atoms with E-state index in [2.05, 4.69) is 0 Å². The van der Waals surface area contributed by atoms with Crippen LogP contribution in [0.3, 0.4) is 0 Å². The van der Waals surface area contributed by atoms with E-state index in [1.165, 1.54) is 11.2 Å². The van der Waals surface area contributed by atoms with Gasteiger partial charge in [0.15, 0.2) is 0 Å². The number of hydrazine groups is 1. The molecule has 0 bridgehead atoms. The molecule has 0 fully saturated rings. The molecule has 5 N–H and O–H groups in total. The van der Waals surface area contributed by atoms with Gasteiger partial charge in [0.25, 0.3) is 0 Å². The predicted octanol–water partition coefficient (Wildman–Crippen LogP) is -1.67. The minimum atomic E-state index is -0.857. The van der Waals surface area contributed by atoms with Gasteiger partial charge in [-0.1, -0.05) is 0 Å². The van der Waals surface area contributed by atoms with Crippen LogP contribution in [0.2, 0.25) is 0 Å². The molecular formula is C6H15N3O2S. The number of hydrogen-bond acceptors (Lipinski definition) is 5. The Morgan fingerprint density at radius 1 is 1.75 bits per heavy atom. The summed E-state index contributed by atoms with van der Waals surface area (Å²) in [6.45, 7) is 0.243. The zero-order chi connectivity index (χ0) is 9.56. The van der Waals surface area contributed by atoms with Crippen molar-refractivity contribution in [3.05, 3.63) is 11.9 Å². The Hall–Kier alpha value is -0.590. The first kappa shape index (κ1) is 11.4. The van der Waals surface area contributed by atoms with Gasteiger partial charge in [0.05, 0.1) is 12.3 Å². The van der Waals surface area contributed by atoms with Crippen molar-refractivity contribution >= 4 is 10.8 Å². The van der Waals surface area contributed by atoms with Crippen molar-refractivity contribution in [2.45, 2.75) is 0 Å². The topological polar surface area (TPSA) is 92.6 Å². The second-order valence-corrected chi connectivity index (χ2v) is 3.93. The summed E-state index contributed by atoms with van der Waals surface area (Å²) in [6, 6.07) is 0. The molecule has 1 unspecified atom stereocenters. The van der Waals surface area contributed by atoms with Crippen LogP contribution in [0, 0.1) is 0 Å². The van der Waals surface area contributed by atoms with Gasteiger partial charge in [-0.2, -0.15) is 0 Å². The van der Waals surface area contributed by atoms with E-state index in [1.54, 1.807) is 6.26 Å². The Balaban J connectivity index is 3.73. The minimum Gasteiger partial charge on any atom is -0.399 e. The molecule has 0 aliphatic heterocycles. The van der Waals surface area contributed by atoms with Crippen molar-refractivity contribution in [2.75, 3.05) is 25.2 Å². The highest BCUT2D eigenvalue weighted by molar-refractivity contribution is 7.84. The van der Waals surface area contributed by atoms with Gasteiger partial charge in [0.1, 0.15) is 0 Å². The molecule has 0 radical (unpaired) electrons. The number of nitrogens with zero attached hydrogens (tertiary/aromatic N) is 1. The molecule has 1 atom stereocenters. The van der Waals surface area contributed by atoms with Crippen molar-refractivity contribution in [3.63, 3.8) is 0 Å². The molecule has 0 saturated heterocycles. The third kappa shape index (κ3) is 6.14. The van der Waals surface area contributed by atoms with Gasteiger partial charge in [0.2, 0.25) is 0 Å². The third-order valence-corrected chi connectivity index (χ3v) is 1.91. The highest BCUT2D eigenvalue weighted by atomic mass is 32.2. The molecule has 0 aromatic rings. The van der Waals surface area contributed by atoms with Gasteiger partial charge in [0, 0.05) is 35.6 Å². The number of hydrogen-bond donors (Lipinski definition) is 3. The number of aliphatic hydroxyl groups excluding tert-OH is 1. The highest BCUT2D eigenvalue weighted by Crippen LogP contribution is 1.86. The smallest absolute Gasteiger partial charge is 0.0840 e. The number of nitrogens with two attached hydrogens (primary N) is 2. The summed E-state index contributed by atoms with van der Waals surface area (Å²) < 4.78 is 10.6. The predicted molar refractivity (Wildman–Crippen MR) is 49.2 cm³/mol. The fourth-order valence-corrected chi connectivity index (χ4v) is 1.02. The Morgan fingerprint density at radius 2 is 2.33 bits per heavy atom. The van der Waals surface area contributed by atoms with E-state index in [4.69, 9.17) is 16.7 Å². The van der Waals surface area contributed by atoms with Crippen molar-refractivity contribution in [1.82, 2.24) is 5.01 Å². The van der Waals surface area contributed by atoms with Crippen molar-refractivity contribution in [1.29, 1.82) is 0 Å². The van der Waals surface area contributed by atoms with Crippen LogP contribution in [0.15, 0.2) is 11.9 Å². The average Bonchev–Trinajstić information content (AvgIpc) is 2.00. The molecule has 72 valence electrons. The molecule has 12 heavy (non-hydrogen) atoms. The van der Waals surface area contributed by atoms with Crippen LogP contribution in [0.4, 0.5) is 0 Å². The largest absolute Gasteiger partial charge is 0.399 e. The average molecular weight is 193 g/mol. The van der Waals surface area contributed by atoms with Crippen molar-refractivity contribution in [2.24, 2.45) is 11.6 Å². The van der Waals surface area contributed by atoms with Crippen LogP contribution >= 0.6 is 0 Å². The Bertz CT molecular complexity index is 184. The molecule has 0 heterocycles. The summed E-state index contributed by atoms with van der Waals surface area (Å²) in [4.78, 5) is 0. The van der Waals surface area contributed by atoms with Gasteiger partial charge < -0.3 is 15.8 Å². The van der Waals surface area contributed by atoms with Gasteiger partial charge in [-0.25, -0.2) is 5.84 Å². The fourth-order valence-electron chi connectivity index (χ4n) is 0.552. The van der Waals surface area contributed by atoms with E-state index in [-0.39, 0.29) is 6.61 Å². The first-order chi connectivity index (χ1) is 5.56. The molecule has 0 aromatic heterocycles. The molecule has 0 spiro atoms. The lowest BCUT2D eigenvalue weighted by Gasteiger charge is -2.12. The van der Waals surface area contributed by atoms with Gasteiger partial charge >= 0.3 is 0 Å². The van der Waals surface area contributed by atoms with E-state index in [0.717, 1.165) is 0 Å². The molecule has 5 nitrogen and oxygen atoms in total.